The average molecular weight is 429 g/mol. The highest BCUT2D eigenvalue weighted by atomic mass is 28.4. The summed E-state index contributed by atoms with van der Waals surface area (Å²) in [6.45, 7) is 13.9. The minimum atomic E-state index is -1.60. The van der Waals surface area contributed by atoms with Crippen molar-refractivity contribution in [2.75, 3.05) is 7.11 Å². The normalized spacial score (nSPS) is 13.5. The molecule has 0 N–H and O–H groups in total. The van der Waals surface area contributed by atoms with Crippen molar-refractivity contribution in [1.29, 1.82) is 0 Å². The third-order valence-corrected chi connectivity index (χ3v) is 11.1. The van der Waals surface area contributed by atoms with Crippen molar-refractivity contribution in [2.24, 2.45) is 0 Å². The van der Waals surface area contributed by atoms with Gasteiger partial charge in [0.25, 0.3) is 0 Å². The zero-order chi connectivity index (χ0) is 22.2. The highest BCUT2D eigenvalue weighted by Crippen LogP contribution is 2.37. The van der Waals surface area contributed by atoms with Gasteiger partial charge in [0, 0.05) is 12.5 Å². The largest absolute Gasteiger partial charge is 0.469 e. The Kier molecular flexibility index (Phi) is 16.2. The van der Waals surface area contributed by atoms with Crippen LogP contribution in [0.5, 0.6) is 0 Å². The Morgan fingerprint density at radius 2 is 1.14 bits per heavy atom. The average Bonchev–Trinajstić information content (AvgIpc) is 2.63. The van der Waals surface area contributed by atoms with Gasteiger partial charge in [0.1, 0.15) is 0 Å². The van der Waals surface area contributed by atoms with Crippen molar-refractivity contribution < 1.29 is 14.0 Å². The Hall–Kier alpha value is -0.353. The summed E-state index contributed by atoms with van der Waals surface area (Å²) in [7, 11) is -0.133. The lowest BCUT2D eigenvalue weighted by molar-refractivity contribution is -0.140. The Morgan fingerprint density at radius 1 is 0.759 bits per heavy atom. The van der Waals surface area contributed by atoms with Crippen LogP contribution in [-0.4, -0.2) is 27.5 Å². The first-order valence-corrected chi connectivity index (χ1v) is 15.3. The van der Waals surface area contributed by atoms with Crippen LogP contribution >= 0.6 is 0 Å². The molecule has 0 aliphatic heterocycles. The van der Waals surface area contributed by atoms with Crippen LogP contribution in [0, 0.1) is 0 Å². The zero-order valence-electron chi connectivity index (χ0n) is 20.9. The lowest BCUT2D eigenvalue weighted by Gasteiger charge is -2.38. The van der Waals surface area contributed by atoms with Crippen molar-refractivity contribution in [2.45, 2.75) is 148 Å². The second kappa shape index (κ2) is 16.4. The topological polar surface area (TPSA) is 35.5 Å². The molecule has 1 atom stereocenters. The van der Waals surface area contributed by atoms with E-state index in [1.54, 1.807) is 0 Å². The van der Waals surface area contributed by atoms with E-state index >= 15 is 0 Å². The van der Waals surface area contributed by atoms with Gasteiger partial charge < -0.3 is 9.16 Å². The lowest BCUT2D eigenvalue weighted by Crippen LogP contribution is -2.43. The van der Waals surface area contributed by atoms with Gasteiger partial charge in [0.15, 0.2) is 8.32 Å². The van der Waals surface area contributed by atoms with Gasteiger partial charge in [-0.3, -0.25) is 4.79 Å². The van der Waals surface area contributed by atoms with Gasteiger partial charge in [0.2, 0.25) is 0 Å². The highest BCUT2D eigenvalue weighted by Gasteiger charge is 2.38. The fourth-order valence-electron chi connectivity index (χ4n) is 3.49. The van der Waals surface area contributed by atoms with Crippen LogP contribution in [0.1, 0.15) is 124 Å². The Labute approximate surface area is 183 Å². The molecule has 174 valence electrons. The third kappa shape index (κ3) is 16.1. The predicted octanol–water partition coefficient (Wildman–Crippen LogP) is 8.42. The van der Waals surface area contributed by atoms with E-state index in [-0.39, 0.29) is 5.97 Å². The summed E-state index contributed by atoms with van der Waals surface area (Å²) >= 11 is 0. The highest BCUT2D eigenvalue weighted by molar-refractivity contribution is 6.74. The molecule has 0 bridgehead atoms. The summed E-state index contributed by atoms with van der Waals surface area (Å²) in [5.74, 6) is -0.0704. The van der Waals surface area contributed by atoms with Crippen LogP contribution < -0.4 is 0 Å². The van der Waals surface area contributed by atoms with E-state index < -0.39 is 8.32 Å². The first-order chi connectivity index (χ1) is 13.6. The van der Waals surface area contributed by atoms with E-state index in [0.29, 0.717) is 17.6 Å². The molecule has 0 spiro atoms. The number of hydrogen-bond acceptors (Lipinski definition) is 3. The number of unbranched alkanes of at least 4 members (excludes halogenated alkanes) is 12. The van der Waals surface area contributed by atoms with Crippen LogP contribution in [0.4, 0.5) is 0 Å². The van der Waals surface area contributed by atoms with E-state index in [4.69, 9.17) is 4.43 Å². The molecule has 0 aliphatic rings. The Balaban J connectivity index is 3.37. The Morgan fingerprint density at radius 3 is 1.52 bits per heavy atom. The van der Waals surface area contributed by atoms with Gasteiger partial charge in [-0.15, -0.1) is 0 Å². The van der Waals surface area contributed by atoms with Gasteiger partial charge >= 0.3 is 5.97 Å². The number of esters is 1. The van der Waals surface area contributed by atoms with Crippen molar-refractivity contribution in [3.05, 3.63) is 0 Å². The van der Waals surface area contributed by atoms with Gasteiger partial charge in [-0.25, -0.2) is 0 Å². The summed E-state index contributed by atoms with van der Waals surface area (Å²) < 4.78 is 11.1. The first-order valence-electron chi connectivity index (χ1n) is 12.3. The summed E-state index contributed by atoms with van der Waals surface area (Å²) in [6, 6.07) is 0. The summed E-state index contributed by atoms with van der Waals surface area (Å²) in [5.41, 5.74) is 0. The quantitative estimate of drug-likeness (QED) is 0.125. The number of rotatable bonds is 18. The molecule has 0 fully saturated rings. The van der Waals surface area contributed by atoms with E-state index in [1.807, 2.05) is 0 Å². The molecule has 0 rings (SSSR count). The molecular weight excluding hydrogens is 376 g/mol. The van der Waals surface area contributed by atoms with Crippen molar-refractivity contribution in [3.63, 3.8) is 0 Å². The van der Waals surface area contributed by atoms with Gasteiger partial charge in [0.05, 0.1) is 7.11 Å². The SMILES string of the molecule is COC(=O)CCCCCCCCCCCCCCCC(C)O[Si](C)(C)C(C)(C)C. The smallest absolute Gasteiger partial charge is 0.305 e. The maximum Gasteiger partial charge on any atom is 0.305 e. The number of carbonyl (C=O) groups excluding carboxylic acids is 1. The van der Waals surface area contributed by atoms with Gasteiger partial charge in [-0.2, -0.15) is 0 Å². The predicted molar refractivity (Wildman–Crippen MR) is 129 cm³/mol. The van der Waals surface area contributed by atoms with Crippen LogP contribution in [0.3, 0.4) is 0 Å². The molecule has 0 radical (unpaired) electrons. The van der Waals surface area contributed by atoms with Crippen molar-refractivity contribution >= 4 is 14.3 Å². The maximum absolute atomic E-state index is 11.0. The number of hydrogen-bond donors (Lipinski definition) is 0. The minimum absolute atomic E-state index is 0.0704. The van der Waals surface area contributed by atoms with Crippen molar-refractivity contribution in [3.8, 4) is 0 Å². The molecule has 0 aromatic heterocycles. The number of ether oxygens (including phenoxy) is 1. The van der Waals surface area contributed by atoms with Crippen LogP contribution in [0.25, 0.3) is 0 Å². The lowest BCUT2D eigenvalue weighted by atomic mass is 10.0. The molecule has 4 heteroatoms. The molecule has 0 saturated carbocycles. The fourth-order valence-corrected chi connectivity index (χ4v) is 4.96. The van der Waals surface area contributed by atoms with E-state index in [0.717, 1.165) is 12.8 Å². The molecule has 0 heterocycles. The van der Waals surface area contributed by atoms with Gasteiger partial charge in [-0.1, -0.05) is 97.8 Å². The summed E-state index contributed by atoms with van der Waals surface area (Å²) in [4.78, 5) is 11.0. The maximum atomic E-state index is 11.0. The second-order valence-corrected chi connectivity index (χ2v) is 15.2. The molecule has 0 aliphatic carbocycles. The van der Waals surface area contributed by atoms with E-state index in [2.05, 4.69) is 45.5 Å². The molecule has 1 unspecified atom stereocenters. The molecule has 29 heavy (non-hydrogen) atoms. The minimum Gasteiger partial charge on any atom is -0.469 e. The Bertz CT molecular complexity index is 401. The summed E-state index contributed by atoms with van der Waals surface area (Å²) in [6.07, 6.45) is 19.3. The zero-order valence-corrected chi connectivity index (χ0v) is 21.9. The first kappa shape index (κ1) is 28.6. The molecule has 3 nitrogen and oxygen atoms in total. The van der Waals surface area contributed by atoms with Crippen LogP contribution in [-0.2, 0) is 14.0 Å². The van der Waals surface area contributed by atoms with Crippen molar-refractivity contribution in [1.82, 2.24) is 0 Å². The van der Waals surface area contributed by atoms with E-state index in [9.17, 15) is 4.79 Å². The molecular formula is C25H52O3Si. The second-order valence-electron chi connectivity index (χ2n) is 10.4. The fraction of sp³-hybridized carbons (Fsp3) is 0.960. The molecule has 0 aromatic carbocycles. The molecule has 0 amide bonds. The molecule has 0 saturated heterocycles. The van der Waals surface area contributed by atoms with Crippen LogP contribution in [0.15, 0.2) is 0 Å². The van der Waals surface area contributed by atoms with Gasteiger partial charge in [-0.05, 0) is 37.9 Å². The number of methoxy groups -OCH3 is 1. The third-order valence-electron chi connectivity index (χ3n) is 6.52. The summed E-state index contributed by atoms with van der Waals surface area (Å²) in [5, 5.41) is 0.311. The molecule has 0 aromatic rings. The number of carbonyl (C=O) groups is 1. The van der Waals surface area contributed by atoms with Crippen LogP contribution in [0.2, 0.25) is 18.1 Å². The standard InChI is InChI=1S/C25H52O3Si/c1-23(28-29(6,7)25(2,3)4)21-19-17-15-13-11-9-8-10-12-14-16-18-20-22-24(26)27-5/h23H,8-22H2,1-7H3. The monoisotopic (exact) mass is 428 g/mol. The van der Waals surface area contributed by atoms with E-state index in [1.165, 1.54) is 84.2 Å².